The number of likely N-dealkylation sites (tertiary alicyclic amines) is 1. The van der Waals surface area contributed by atoms with Gasteiger partial charge in [0, 0.05) is 18.1 Å². The quantitative estimate of drug-likeness (QED) is 0.779. The van der Waals surface area contributed by atoms with Crippen LogP contribution in [0.3, 0.4) is 0 Å². The van der Waals surface area contributed by atoms with Gasteiger partial charge in [-0.3, -0.25) is 4.90 Å². The molecular weight excluding hydrogens is 220 g/mol. The van der Waals surface area contributed by atoms with E-state index in [2.05, 4.69) is 31.0 Å². The van der Waals surface area contributed by atoms with E-state index in [0.29, 0.717) is 0 Å². The van der Waals surface area contributed by atoms with Gasteiger partial charge >= 0.3 is 0 Å². The minimum Gasteiger partial charge on any atom is -0.314 e. The third-order valence-electron chi connectivity index (χ3n) is 5.31. The molecule has 4 unspecified atom stereocenters. The van der Waals surface area contributed by atoms with Crippen LogP contribution in [0.1, 0.15) is 65.7 Å². The van der Waals surface area contributed by atoms with Gasteiger partial charge in [-0.2, -0.15) is 0 Å². The summed E-state index contributed by atoms with van der Waals surface area (Å²) in [5.41, 5.74) is 0. The smallest absolute Gasteiger partial charge is 0.00960 e. The number of nitrogens with zero attached hydrogens (tertiary/aromatic N) is 1. The Labute approximate surface area is 114 Å². The summed E-state index contributed by atoms with van der Waals surface area (Å²) in [5.74, 6) is 0.940. The van der Waals surface area contributed by atoms with Gasteiger partial charge in [0.15, 0.2) is 0 Å². The molecule has 0 aromatic heterocycles. The molecule has 0 aromatic rings. The molecule has 0 aromatic carbocycles. The number of hydrogen-bond acceptors (Lipinski definition) is 2. The summed E-state index contributed by atoms with van der Waals surface area (Å²) in [6, 6.07) is 2.51. The fourth-order valence-electron chi connectivity index (χ4n) is 4.19. The van der Waals surface area contributed by atoms with Crippen LogP contribution < -0.4 is 5.32 Å². The van der Waals surface area contributed by atoms with Crippen molar-refractivity contribution in [3.63, 3.8) is 0 Å². The zero-order valence-corrected chi connectivity index (χ0v) is 12.6. The second-order valence-electron chi connectivity index (χ2n) is 6.37. The van der Waals surface area contributed by atoms with E-state index in [4.69, 9.17) is 0 Å². The zero-order valence-electron chi connectivity index (χ0n) is 12.6. The number of rotatable bonds is 6. The first-order valence-electron chi connectivity index (χ1n) is 8.25. The molecular formula is C16H32N2. The van der Waals surface area contributed by atoms with E-state index in [0.717, 1.165) is 30.6 Å². The van der Waals surface area contributed by atoms with Gasteiger partial charge < -0.3 is 5.32 Å². The summed E-state index contributed by atoms with van der Waals surface area (Å²) >= 11 is 0. The van der Waals surface area contributed by atoms with Gasteiger partial charge in [0.05, 0.1) is 0 Å². The van der Waals surface area contributed by atoms with Crippen LogP contribution in [0.4, 0.5) is 0 Å². The predicted molar refractivity (Wildman–Crippen MR) is 78.9 cm³/mol. The highest BCUT2D eigenvalue weighted by Gasteiger charge is 2.31. The Morgan fingerprint density at radius 3 is 2.67 bits per heavy atom. The highest BCUT2D eigenvalue weighted by atomic mass is 15.2. The maximum atomic E-state index is 3.69. The summed E-state index contributed by atoms with van der Waals surface area (Å²) in [4.78, 5) is 2.79. The topological polar surface area (TPSA) is 15.3 Å². The van der Waals surface area contributed by atoms with Gasteiger partial charge in [-0.1, -0.05) is 20.3 Å². The summed E-state index contributed by atoms with van der Waals surface area (Å²) in [6.45, 7) is 9.49. The van der Waals surface area contributed by atoms with Crippen molar-refractivity contribution in [1.82, 2.24) is 10.2 Å². The minimum atomic E-state index is 0.813. The minimum absolute atomic E-state index is 0.813. The average Bonchev–Trinajstić information content (AvgIpc) is 2.94. The van der Waals surface area contributed by atoms with E-state index >= 15 is 0 Å². The van der Waals surface area contributed by atoms with E-state index < -0.39 is 0 Å². The lowest BCUT2D eigenvalue weighted by atomic mass is 9.98. The Kier molecular flexibility index (Phi) is 5.50. The monoisotopic (exact) mass is 252 g/mol. The molecule has 18 heavy (non-hydrogen) atoms. The van der Waals surface area contributed by atoms with Gasteiger partial charge in [0.2, 0.25) is 0 Å². The normalized spacial score (nSPS) is 37.5. The van der Waals surface area contributed by atoms with Crippen LogP contribution >= 0.6 is 0 Å². The molecule has 1 saturated carbocycles. The van der Waals surface area contributed by atoms with Crippen molar-refractivity contribution in [3.05, 3.63) is 0 Å². The lowest BCUT2D eigenvalue weighted by molar-refractivity contribution is 0.179. The Morgan fingerprint density at radius 1 is 1.11 bits per heavy atom. The molecule has 2 nitrogen and oxygen atoms in total. The first-order chi connectivity index (χ1) is 8.76. The second-order valence-corrected chi connectivity index (χ2v) is 6.37. The van der Waals surface area contributed by atoms with Gasteiger partial charge in [0.25, 0.3) is 0 Å². The van der Waals surface area contributed by atoms with E-state index in [1.54, 1.807) is 0 Å². The molecule has 1 saturated heterocycles. The van der Waals surface area contributed by atoms with Crippen LogP contribution in [-0.4, -0.2) is 36.1 Å². The molecule has 2 aliphatic rings. The number of hydrogen-bond donors (Lipinski definition) is 1. The Hall–Kier alpha value is -0.0800. The molecule has 1 N–H and O–H groups in total. The van der Waals surface area contributed by atoms with Crippen molar-refractivity contribution in [2.75, 3.05) is 13.1 Å². The van der Waals surface area contributed by atoms with Crippen LogP contribution in [0, 0.1) is 5.92 Å². The van der Waals surface area contributed by atoms with Crippen LogP contribution in [-0.2, 0) is 0 Å². The standard InChI is InChI=1S/C16H32N2/c1-4-15-10-9-13(3)18(15)12-11-14-7-6-8-16(14)17-5-2/h13-17H,4-12H2,1-3H3. The summed E-state index contributed by atoms with van der Waals surface area (Å²) < 4.78 is 0. The SMILES string of the molecule is CCNC1CCCC1CCN1C(C)CCC1CC. The van der Waals surface area contributed by atoms with Crippen molar-refractivity contribution in [2.45, 2.75) is 83.8 Å². The van der Waals surface area contributed by atoms with Gasteiger partial charge in [0.1, 0.15) is 0 Å². The molecule has 1 aliphatic heterocycles. The fourth-order valence-corrected chi connectivity index (χ4v) is 4.19. The highest BCUT2D eigenvalue weighted by Crippen LogP contribution is 2.31. The van der Waals surface area contributed by atoms with E-state index in [-0.39, 0.29) is 0 Å². The van der Waals surface area contributed by atoms with Crippen LogP contribution in [0.15, 0.2) is 0 Å². The molecule has 0 spiro atoms. The van der Waals surface area contributed by atoms with E-state index in [9.17, 15) is 0 Å². The molecule has 0 amide bonds. The van der Waals surface area contributed by atoms with Crippen molar-refractivity contribution < 1.29 is 0 Å². The molecule has 0 radical (unpaired) electrons. The van der Waals surface area contributed by atoms with Crippen LogP contribution in [0.5, 0.6) is 0 Å². The van der Waals surface area contributed by atoms with Crippen molar-refractivity contribution >= 4 is 0 Å². The summed E-state index contributed by atoms with van der Waals surface area (Å²) in [5, 5.41) is 3.69. The van der Waals surface area contributed by atoms with Gasteiger partial charge in [-0.05, 0) is 64.5 Å². The average molecular weight is 252 g/mol. The summed E-state index contributed by atoms with van der Waals surface area (Å²) in [6.07, 6.45) is 9.90. The van der Waals surface area contributed by atoms with Crippen molar-refractivity contribution in [3.8, 4) is 0 Å². The zero-order chi connectivity index (χ0) is 13.0. The Bertz CT molecular complexity index is 241. The third-order valence-corrected chi connectivity index (χ3v) is 5.31. The fraction of sp³-hybridized carbons (Fsp3) is 1.00. The molecule has 4 atom stereocenters. The molecule has 0 bridgehead atoms. The maximum absolute atomic E-state index is 3.69. The van der Waals surface area contributed by atoms with Crippen LogP contribution in [0.25, 0.3) is 0 Å². The molecule has 2 heteroatoms. The maximum Gasteiger partial charge on any atom is 0.00960 e. The predicted octanol–water partition coefficient (Wildman–Crippen LogP) is 3.42. The number of nitrogens with one attached hydrogen (secondary N) is 1. The van der Waals surface area contributed by atoms with Crippen molar-refractivity contribution in [1.29, 1.82) is 0 Å². The van der Waals surface area contributed by atoms with Crippen molar-refractivity contribution in [2.24, 2.45) is 5.92 Å². The van der Waals surface area contributed by atoms with Crippen LogP contribution in [0.2, 0.25) is 0 Å². The lowest BCUT2D eigenvalue weighted by Crippen LogP contribution is -2.38. The molecule has 1 aliphatic carbocycles. The molecule has 2 fully saturated rings. The largest absolute Gasteiger partial charge is 0.314 e. The summed E-state index contributed by atoms with van der Waals surface area (Å²) in [7, 11) is 0. The van der Waals surface area contributed by atoms with E-state index in [1.165, 1.54) is 51.5 Å². The molecule has 1 heterocycles. The molecule has 2 rings (SSSR count). The third kappa shape index (κ3) is 3.27. The van der Waals surface area contributed by atoms with Gasteiger partial charge in [-0.25, -0.2) is 0 Å². The molecule has 106 valence electrons. The highest BCUT2D eigenvalue weighted by molar-refractivity contribution is 4.88. The Balaban J connectivity index is 1.79. The van der Waals surface area contributed by atoms with E-state index in [1.807, 2.05) is 0 Å². The first-order valence-corrected chi connectivity index (χ1v) is 8.25. The first kappa shape index (κ1) is 14.3. The lowest BCUT2D eigenvalue weighted by Gasteiger charge is -2.30. The Morgan fingerprint density at radius 2 is 1.94 bits per heavy atom. The van der Waals surface area contributed by atoms with Gasteiger partial charge in [-0.15, -0.1) is 0 Å². The second kappa shape index (κ2) is 6.91.